The number of aromatic nitrogens is 1. The van der Waals surface area contributed by atoms with Gasteiger partial charge in [0.05, 0.1) is 0 Å². The first kappa shape index (κ1) is 13.3. The molecule has 0 bridgehead atoms. The van der Waals surface area contributed by atoms with Gasteiger partial charge in [-0.25, -0.2) is 0 Å². The van der Waals surface area contributed by atoms with Gasteiger partial charge in [-0.15, -0.1) is 0 Å². The molecule has 1 rings (SSSR count). The molecule has 1 nitrogen and oxygen atoms in total. The topological polar surface area (TPSA) is 12.9 Å². The van der Waals surface area contributed by atoms with Gasteiger partial charge in [0.1, 0.15) is 0 Å². The maximum Gasteiger partial charge on any atom is 2.00 e. The molecule has 59 valence electrons. The van der Waals surface area contributed by atoms with E-state index in [0.717, 1.165) is 5.69 Å². The summed E-state index contributed by atoms with van der Waals surface area (Å²) in [6.45, 7) is 5.94. The van der Waals surface area contributed by atoms with Crippen molar-refractivity contribution >= 4 is 0 Å². The molecule has 1 aromatic rings. The van der Waals surface area contributed by atoms with Crippen LogP contribution in [0.2, 0.25) is 0 Å². The van der Waals surface area contributed by atoms with Gasteiger partial charge in [-0.05, 0) is 0 Å². The molecule has 0 saturated heterocycles. The molecule has 0 atom stereocenters. The average Bonchev–Trinajstić information content (AvgIpc) is 1.91. The molecule has 0 N–H and O–H groups in total. The van der Waals surface area contributed by atoms with E-state index < -0.39 is 0 Å². The zero-order valence-corrected chi connectivity index (χ0v) is 8.60. The largest absolute Gasteiger partial charge is 2.00 e. The van der Waals surface area contributed by atoms with Crippen LogP contribution in [0.25, 0.3) is 0 Å². The fourth-order valence-electron chi connectivity index (χ4n) is 0.404. The maximum atomic E-state index is 3.95. The van der Waals surface area contributed by atoms with Crippen LogP contribution in [0.1, 0.15) is 19.5 Å². The number of hydrogen-bond acceptors (Lipinski definition) is 1. The molecular weight excluding hydrogens is 173 g/mol. The zero-order chi connectivity index (χ0) is 7.82. The predicted octanol–water partition coefficient (Wildman–Crippen LogP) is 2.42. The Morgan fingerprint density at radius 2 is 2.00 bits per heavy atom. The van der Waals surface area contributed by atoms with Crippen LogP contribution in [0.15, 0.2) is 18.3 Å². The van der Waals surface area contributed by atoms with Gasteiger partial charge in [-0.1, -0.05) is 18.8 Å². The second kappa shape index (κ2) is 9.73. The molecule has 0 saturated carbocycles. The third-order valence-corrected chi connectivity index (χ3v) is 0.741. The van der Waals surface area contributed by atoms with E-state index in [1.165, 1.54) is 0 Å². The fraction of sp³-hybridized carbons (Fsp3) is 0.333. The van der Waals surface area contributed by atoms with Gasteiger partial charge in [-0.2, -0.15) is 32.0 Å². The van der Waals surface area contributed by atoms with E-state index in [1.807, 2.05) is 33.3 Å². The molecule has 0 amide bonds. The molecule has 1 radical (unpaired) electrons. The average molecular weight is 186 g/mol. The number of hydrogen-bond donors (Lipinski definition) is 0. The quantitative estimate of drug-likeness (QED) is 0.567. The molecule has 1 aromatic heterocycles. The van der Waals surface area contributed by atoms with Crippen molar-refractivity contribution in [2.75, 3.05) is 0 Å². The fourth-order valence-corrected chi connectivity index (χ4v) is 0.404. The maximum absolute atomic E-state index is 3.95. The Hall–Kier alpha value is -0.266. The van der Waals surface area contributed by atoms with E-state index in [1.54, 1.807) is 12.3 Å². The van der Waals surface area contributed by atoms with Crippen LogP contribution in [-0.4, -0.2) is 4.98 Å². The Kier molecular flexibility index (Phi) is 11.8. The van der Waals surface area contributed by atoms with Gasteiger partial charge >= 0.3 is 18.6 Å². The van der Waals surface area contributed by atoms with Crippen LogP contribution in [0.4, 0.5) is 0 Å². The summed E-state index contributed by atoms with van der Waals surface area (Å²) in [7, 11) is 0. The molecular formula is C9H13NV. The monoisotopic (exact) mass is 186 g/mol. The number of rotatable bonds is 0. The Morgan fingerprint density at radius 1 is 1.45 bits per heavy atom. The van der Waals surface area contributed by atoms with Crippen LogP contribution < -0.4 is 0 Å². The van der Waals surface area contributed by atoms with Gasteiger partial charge in [0.25, 0.3) is 0 Å². The van der Waals surface area contributed by atoms with Crippen LogP contribution in [-0.2, 0) is 18.6 Å². The third kappa shape index (κ3) is 9.73. The SMILES string of the molecule is C[CH-]C.Cc1c[c-]ccn1.[V+2]. The summed E-state index contributed by atoms with van der Waals surface area (Å²) in [4.78, 5) is 3.95. The smallest absolute Gasteiger partial charge is 0.388 e. The van der Waals surface area contributed by atoms with Crippen LogP contribution in [0, 0.1) is 19.4 Å². The Balaban J connectivity index is 0. The van der Waals surface area contributed by atoms with Crippen LogP contribution >= 0.6 is 0 Å². The second-order valence-corrected chi connectivity index (χ2v) is 1.97. The summed E-state index contributed by atoms with van der Waals surface area (Å²) in [5.41, 5.74) is 1.02. The van der Waals surface area contributed by atoms with Crippen molar-refractivity contribution in [3.05, 3.63) is 36.5 Å². The molecule has 0 aliphatic heterocycles. The van der Waals surface area contributed by atoms with E-state index in [4.69, 9.17) is 0 Å². The van der Waals surface area contributed by atoms with Gasteiger partial charge < -0.3 is 11.4 Å². The molecule has 0 fully saturated rings. The molecule has 11 heavy (non-hydrogen) atoms. The van der Waals surface area contributed by atoms with Gasteiger partial charge in [0, 0.05) is 0 Å². The minimum absolute atomic E-state index is 0. The summed E-state index contributed by atoms with van der Waals surface area (Å²) in [5, 5.41) is 0. The van der Waals surface area contributed by atoms with Gasteiger partial charge in [0.2, 0.25) is 0 Å². The number of aryl methyl sites for hydroxylation is 1. The van der Waals surface area contributed by atoms with Crippen molar-refractivity contribution < 1.29 is 18.6 Å². The molecule has 2 heteroatoms. The van der Waals surface area contributed by atoms with E-state index in [2.05, 4.69) is 11.1 Å². The first-order chi connectivity index (χ1) is 4.81. The van der Waals surface area contributed by atoms with E-state index in [0.29, 0.717) is 0 Å². The molecule has 1 heterocycles. The summed E-state index contributed by atoms with van der Waals surface area (Å²) in [5.74, 6) is 0. The van der Waals surface area contributed by atoms with Crippen molar-refractivity contribution in [1.82, 2.24) is 4.98 Å². The predicted molar refractivity (Wildman–Crippen MR) is 43.5 cm³/mol. The van der Waals surface area contributed by atoms with E-state index in [-0.39, 0.29) is 18.6 Å². The first-order valence-corrected chi connectivity index (χ1v) is 3.34. The Bertz CT molecular complexity index is 151. The normalized spacial score (nSPS) is 7.18. The van der Waals surface area contributed by atoms with Crippen LogP contribution in [0.3, 0.4) is 0 Å². The Morgan fingerprint density at radius 3 is 2.18 bits per heavy atom. The Labute approximate surface area is 81.1 Å². The first-order valence-electron chi connectivity index (χ1n) is 3.34. The van der Waals surface area contributed by atoms with Gasteiger partial charge in [-0.3, -0.25) is 0 Å². The zero-order valence-electron chi connectivity index (χ0n) is 7.20. The van der Waals surface area contributed by atoms with Crippen molar-refractivity contribution in [3.63, 3.8) is 0 Å². The molecule has 0 aliphatic rings. The van der Waals surface area contributed by atoms with Crippen molar-refractivity contribution in [2.24, 2.45) is 0 Å². The van der Waals surface area contributed by atoms with E-state index in [9.17, 15) is 0 Å². The van der Waals surface area contributed by atoms with Crippen molar-refractivity contribution in [1.29, 1.82) is 0 Å². The molecule has 0 spiro atoms. The van der Waals surface area contributed by atoms with Crippen molar-refractivity contribution in [3.8, 4) is 0 Å². The van der Waals surface area contributed by atoms with Gasteiger partial charge in [0.15, 0.2) is 0 Å². The molecule has 0 unspecified atom stereocenters. The minimum Gasteiger partial charge on any atom is -0.388 e. The van der Waals surface area contributed by atoms with Crippen LogP contribution in [0.5, 0.6) is 0 Å². The van der Waals surface area contributed by atoms with Crippen molar-refractivity contribution in [2.45, 2.75) is 20.8 Å². The second-order valence-electron chi connectivity index (χ2n) is 1.97. The number of nitrogens with zero attached hydrogens (tertiary/aromatic N) is 1. The number of pyridine rings is 1. The summed E-state index contributed by atoms with van der Waals surface area (Å²) >= 11 is 0. The summed E-state index contributed by atoms with van der Waals surface area (Å²) in [6.07, 6.45) is 3.73. The van der Waals surface area contributed by atoms with E-state index >= 15 is 0 Å². The molecule has 0 aromatic carbocycles. The minimum atomic E-state index is 0. The molecule has 0 aliphatic carbocycles. The standard InChI is InChI=1S/C6H6N.C3H7.V/c1-6-4-2-3-5-7-6;1-3-2;/h3-5H,1H3;3H,1-2H3;/q2*-1;+2. The summed E-state index contributed by atoms with van der Waals surface area (Å²) in [6, 6.07) is 6.53. The summed E-state index contributed by atoms with van der Waals surface area (Å²) < 4.78 is 0. The third-order valence-electron chi connectivity index (χ3n) is 0.741.